The number of nitrogens with zero attached hydrogens (tertiary/aromatic N) is 1. The van der Waals surface area contributed by atoms with E-state index in [4.69, 9.17) is 10.5 Å². The standard InChI is InChI=1S/C15H24N2O2.ClH/c1-2-3-4-5-6-7-12-19-13-17-10-8-14(9-11-17)15(16)18;/h8-11H,2-7,12-13H2,1H3,(H-,16,18);1H. The van der Waals surface area contributed by atoms with Gasteiger partial charge >= 0.3 is 0 Å². The minimum Gasteiger partial charge on any atom is -1.00 e. The topological polar surface area (TPSA) is 56.2 Å². The summed E-state index contributed by atoms with van der Waals surface area (Å²) in [5.41, 5.74) is 5.69. The van der Waals surface area contributed by atoms with Crippen LogP contribution in [0.15, 0.2) is 24.5 Å². The van der Waals surface area contributed by atoms with E-state index < -0.39 is 5.91 Å². The van der Waals surface area contributed by atoms with Crippen molar-refractivity contribution in [3.8, 4) is 0 Å². The first kappa shape index (κ1) is 18.9. The average molecular weight is 301 g/mol. The number of carbonyl (C=O) groups excluding carboxylic acids is 1. The third-order valence-corrected chi connectivity index (χ3v) is 3.06. The smallest absolute Gasteiger partial charge is 0.252 e. The molecule has 4 nitrogen and oxygen atoms in total. The zero-order chi connectivity index (χ0) is 13.9. The number of unbranched alkanes of at least 4 members (excludes halogenated alkanes) is 5. The first-order chi connectivity index (χ1) is 9.24. The number of aromatic nitrogens is 1. The molecule has 2 N–H and O–H groups in total. The molecule has 0 saturated carbocycles. The summed E-state index contributed by atoms with van der Waals surface area (Å²) in [6.45, 7) is 3.54. The molecule has 114 valence electrons. The second-order valence-corrected chi connectivity index (χ2v) is 4.77. The lowest BCUT2D eigenvalue weighted by Crippen LogP contribution is -3.00. The number of amides is 1. The van der Waals surface area contributed by atoms with E-state index in [1.54, 1.807) is 24.5 Å². The van der Waals surface area contributed by atoms with E-state index in [1.807, 2.05) is 4.57 Å². The van der Waals surface area contributed by atoms with E-state index in [9.17, 15) is 4.79 Å². The minimum atomic E-state index is -0.403. The number of primary amides is 1. The van der Waals surface area contributed by atoms with Gasteiger partial charge in [-0.15, -0.1) is 0 Å². The number of nitrogens with two attached hydrogens (primary N) is 1. The van der Waals surface area contributed by atoms with Gasteiger partial charge in [-0.1, -0.05) is 39.0 Å². The van der Waals surface area contributed by atoms with Crippen LogP contribution < -0.4 is 22.7 Å². The zero-order valence-electron chi connectivity index (χ0n) is 12.2. The number of hydrogen-bond acceptors (Lipinski definition) is 2. The van der Waals surface area contributed by atoms with E-state index in [-0.39, 0.29) is 12.4 Å². The van der Waals surface area contributed by atoms with Crippen molar-refractivity contribution in [2.75, 3.05) is 6.61 Å². The van der Waals surface area contributed by atoms with Gasteiger partial charge in [-0.3, -0.25) is 4.79 Å². The molecule has 0 spiro atoms. The Labute approximate surface area is 127 Å². The number of pyridine rings is 1. The summed E-state index contributed by atoms with van der Waals surface area (Å²) in [6, 6.07) is 3.41. The predicted octanol–water partition coefficient (Wildman–Crippen LogP) is -0.588. The van der Waals surface area contributed by atoms with Gasteiger partial charge in [0.05, 0.1) is 12.2 Å². The van der Waals surface area contributed by atoms with Crippen molar-refractivity contribution in [3.63, 3.8) is 0 Å². The van der Waals surface area contributed by atoms with Crippen LogP contribution in [0.3, 0.4) is 0 Å². The highest BCUT2D eigenvalue weighted by Crippen LogP contribution is 2.04. The second-order valence-electron chi connectivity index (χ2n) is 4.77. The summed E-state index contributed by atoms with van der Waals surface area (Å²) in [5, 5.41) is 0. The van der Waals surface area contributed by atoms with Crippen molar-refractivity contribution in [3.05, 3.63) is 30.1 Å². The lowest BCUT2D eigenvalue weighted by molar-refractivity contribution is -0.732. The number of ether oxygens (including phenoxy) is 1. The normalized spacial score (nSPS) is 10.1. The van der Waals surface area contributed by atoms with Crippen molar-refractivity contribution in [2.45, 2.75) is 52.2 Å². The highest BCUT2D eigenvalue weighted by atomic mass is 35.5. The molecule has 0 fully saturated rings. The van der Waals surface area contributed by atoms with Crippen LogP contribution in [0, 0.1) is 0 Å². The van der Waals surface area contributed by atoms with E-state index in [2.05, 4.69) is 6.92 Å². The molecule has 0 radical (unpaired) electrons. The summed E-state index contributed by atoms with van der Waals surface area (Å²) in [4.78, 5) is 10.9. The number of carbonyl (C=O) groups is 1. The van der Waals surface area contributed by atoms with E-state index in [0.29, 0.717) is 12.3 Å². The third-order valence-electron chi connectivity index (χ3n) is 3.06. The van der Waals surface area contributed by atoms with Gasteiger partial charge in [0, 0.05) is 12.1 Å². The molecule has 0 unspecified atom stereocenters. The fourth-order valence-corrected chi connectivity index (χ4v) is 1.86. The Morgan fingerprint density at radius 2 is 1.75 bits per heavy atom. The van der Waals surface area contributed by atoms with Gasteiger partial charge in [-0.25, -0.2) is 0 Å². The van der Waals surface area contributed by atoms with Crippen LogP contribution >= 0.6 is 0 Å². The minimum absolute atomic E-state index is 0. The third kappa shape index (κ3) is 8.12. The molecular formula is C15H25ClN2O2. The quantitative estimate of drug-likeness (QED) is 0.464. The first-order valence-corrected chi connectivity index (χ1v) is 7.10. The van der Waals surface area contributed by atoms with Crippen molar-refractivity contribution in [1.82, 2.24) is 0 Å². The highest BCUT2D eigenvalue weighted by Gasteiger charge is 2.04. The molecular weight excluding hydrogens is 276 g/mol. The zero-order valence-corrected chi connectivity index (χ0v) is 12.9. The maximum absolute atomic E-state index is 10.9. The summed E-state index contributed by atoms with van der Waals surface area (Å²) in [6.07, 6.45) is 11.2. The van der Waals surface area contributed by atoms with Crippen molar-refractivity contribution in [1.29, 1.82) is 0 Å². The molecule has 0 atom stereocenters. The molecule has 1 rings (SSSR count). The molecule has 1 amide bonds. The number of rotatable bonds is 10. The van der Waals surface area contributed by atoms with Crippen LogP contribution in [0.25, 0.3) is 0 Å². The highest BCUT2D eigenvalue weighted by molar-refractivity contribution is 5.92. The van der Waals surface area contributed by atoms with Crippen LogP contribution in [-0.4, -0.2) is 12.5 Å². The predicted molar refractivity (Wildman–Crippen MR) is 74.5 cm³/mol. The van der Waals surface area contributed by atoms with Crippen molar-refractivity contribution >= 4 is 5.91 Å². The molecule has 0 aromatic carbocycles. The van der Waals surface area contributed by atoms with Crippen LogP contribution in [-0.2, 0) is 11.5 Å². The maximum Gasteiger partial charge on any atom is 0.252 e. The molecule has 5 heteroatoms. The van der Waals surface area contributed by atoms with Gasteiger partial charge < -0.3 is 22.9 Å². The Bertz CT molecular complexity index is 369. The Kier molecular flexibility index (Phi) is 11.0. The van der Waals surface area contributed by atoms with Gasteiger partial charge in [0.2, 0.25) is 5.91 Å². The summed E-state index contributed by atoms with van der Waals surface area (Å²) in [7, 11) is 0. The van der Waals surface area contributed by atoms with Crippen molar-refractivity contribution in [2.24, 2.45) is 5.73 Å². The van der Waals surface area contributed by atoms with Crippen LogP contribution in [0.5, 0.6) is 0 Å². The lowest BCUT2D eigenvalue weighted by atomic mass is 10.1. The largest absolute Gasteiger partial charge is 1.00 e. The van der Waals surface area contributed by atoms with Gasteiger partial charge in [-0.2, -0.15) is 4.57 Å². The fourth-order valence-electron chi connectivity index (χ4n) is 1.86. The van der Waals surface area contributed by atoms with E-state index in [1.165, 1.54) is 32.1 Å². The summed E-state index contributed by atoms with van der Waals surface area (Å²) in [5.74, 6) is -0.403. The molecule has 0 bridgehead atoms. The molecule has 0 saturated heterocycles. The molecule has 1 aromatic heterocycles. The summed E-state index contributed by atoms with van der Waals surface area (Å²) >= 11 is 0. The Balaban J connectivity index is 0.00000361. The van der Waals surface area contributed by atoms with Crippen LogP contribution in [0.1, 0.15) is 55.8 Å². The monoisotopic (exact) mass is 300 g/mol. The molecule has 20 heavy (non-hydrogen) atoms. The summed E-state index contributed by atoms with van der Waals surface area (Å²) < 4.78 is 7.47. The van der Waals surface area contributed by atoms with Crippen molar-refractivity contribution < 1.29 is 26.5 Å². The Morgan fingerprint density at radius 3 is 2.35 bits per heavy atom. The van der Waals surface area contributed by atoms with Gasteiger partial charge in [0.15, 0.2) is 12.4 Å². The van der Waals surface area contributed by atoms with Crippen LogP contribution in [0.4, 0.5) is 0 Å². The molecule has 0 aliphatic heterocycles. The van der Waals surface area contributed by atoms with E-state index >= 15 is 0 Å². The SMILES string of the molecule is CCCCCCCCOC[n+]1ccc(C(N)=O)cc1.[Cl-]. The van der Waals surface area contributed by atoms with E-state index in [0.717, 1.165) is 13.0 Å². The number of halogens is 1. The second kappa shape index (κ2) is 11.7. The maximum atomic E-state index is 10.9. The van der Waals surface area contributed by atoms with Gasteiger partial charge in [-0.05, 0) is 6.42 Å². The Hall–Kier alpha value is -1.13. The first-order valence-electron chi connectivity index (χ1n) is 7.10. The lowest BCUT2D eigenvalue weighted by Gasteiger charge is -2.02. The molecule has 1 heterocycles. The van der Waals surface area contributed by atoms with Gasteiger partial charge in [0.1, 0.15) is 0 Å². The molecule has 0 aliphatic carbocycles. The fraction of sp³-hybridized carbons (Fsp3) is 0.600. The Morgan fingerprint density at radius 1 is 1.15 bits per heavy atom. The number of hydrogen-bond donors (Lipinski definition) is 1. The molecule has 0 aliphatic rings. The molecule has 1 aromatic rings. The average Bonchev–Trinajstić information content (AvgIpc) is 2.42. The van der Waals surface area contributed by atoms with Crippen LogP contribution in [0.2, 0.25) is 0 Å². The van der Waals surface area contributed by atoms with Gasteiger partial charge in [0.25, 0.3) is 6.73 Å².